The average Bonchev–Trinajstić information content (AvgIpc) is 1.59. The van der Waals surface area contributed by atoms with E-state index in [1.807, 2.05) is 34.6 Å². The van der Waals surface area contributed by atoms with Gasteiger partial charge in [-0.25, -0.2) is 4.79 Å². The van der Waals surface area contributed by atoms with E-state index in [0.717, 1.165) is 6.54 Å². The minimum atomic E-state index is -4.70. The number of phenolic OH excluding ortho intramolecular Hbond substituents is 1. The Hall–Kier alpha value is -7.01. The first kappa shape index (κ1) is 69.5. The predicted octanol–water partition coefficient (Wildman–Crippen LogP) is 7.56. The number of aldehydes is 1. The molecule has 0 aromatic heterocycles. The zero-order chi connectivity index (χ0) is 65.4. The molecule has 5 bridgehead atoms. The number of aliphatic hydroxyl groups excluding tert-OH is 1. The number of Topliss-reactive ketones (excluding diaryl/α,β-unsaturated/α-hetero) is 2. The second kappa shape index (κ2) is 29.3. The van der Waals surface area contributed by atoms with E-state index < -0.39 is 90.0 Å². The van der Waals surface area contributed by atoms with Crippen molar-refractivity contribution in [3.05, 3.63) is 99.6 Å². The topological polar surface area (TPSA) is 319 Å². The highest BCUT2D eigenvalue weighted by Crippen LogP contribution is 2.51. The lowest BCUT2D eigenvalue weighted by Gasteiger charge is -2.38. The number of hydrogen-bond acceptors (Lipinski definition) is 19. The first-order valence-corrected chi connectivity index (χ1v) is 32.4. The van der Waals surface area contributed by atoms with Gasteiger partial charge in [-0.2, -0.15) is 0 Å². The van der Waals surface area contributed by atoms with E-state index in [-0.39, 0.29) is 126 Å². The number of aliphatic imine (C=N–C) groups is 1. The minimum absolute atomic E-state index is 0.000175. The van der Waals surface area contributed by atoms with E-state index >= 15 is 4.79 Å². The number of alkyl carbamates (subject to hydrolysis) is 1. The van der Waals surface area contributed by atoms with Crippen molar-refractivity contribution in [2.24, 2.45) is 46.4 Å². The SMILES string of the molecule is CC(=O)Oc1ccc(COC(=O)NCCN(CCCCC(C=O)P(=O)(O)O)CC(=O)O[C@@H]2[C@@H](C)[C@@H](O)[C@@H](C)[C@H](C)[C@H](C)[C@@H](C)/C=C/O[C@@]3(C)Oc4c(C)c(O)c5c(c4C3=O)C3=NC4(CCN(CC(C)C)CC4)NC3=C(NC(=O)/C(C)=C\C=C\[C@@H]2C)C5=O)cc1. The summed E-state index contributed by atoms with van der Waals surface area (Å²) in [5.41, 5.74) is -1.30. The van der Waals surface area contributed by atoms with E-state index in [4.69, 9.17) is 28.7 Å². The minimum Gasteiger partial charge on any atom is -0.507 e. The van der Waals surface area contributed by atoms with Crippen LogP contribution in [0.15, 0.2) is 76.8 Å². The van der Waals surface area contributed by atoms with Crippen LogP contribution in [0.2, 0.25) is 0 Å². The van der Waals surface area contributed by atoms with Gasteiger partial charge in [0.15, 0.2) is 0 Å². The van der Waals surface area contributed by atoms with E-state index in [1.54, 1.807) is 68.2 Å². The molecule has 5 heterocycles. The van der Waals surface area contributed by atoms with Crippen LogP contribution in [-0.2, 0) is 44.6 Å². The van der Waals surface area contributed by atoms with E-state index in [1.165, 1.54) is 26.2 Å². The van der Waals surface area contributed by atoms with Crippen LogP contribution in [-0.4, -0.2) is 152 Å². The number of benzene rings is 2. The van der Waals surface area contributed by atoms with Crippen molar-refractivity contribution in [1.82, 2.24) is 25.8 Å². The number of esters is 2. The van der Waals surface area contributed by atoms with Crippen LogP contribution in [0, 0.1) is 48.3 Å². The molecule has 23 nitrogen and oxygen atoms in total. The monoisotopic (exact) mass is 1260 g/mol. The second-order valence-corrected chi connectivity index (χ2v) is 27.1. The van der Waals surface area contributed by atoms with Gasteiger partial charge in [-0.15, -0.1) is 0 Å². The van der Waals surface area contributed by atoms with E-state index in [0.29, 0.717) is 49.6 Å². The quantitative estimate of drug-likeness (QED) is 0.0249. The Morgan fingerprint density at radius 3 is 2.25 bits per heavy atom. The summed E-state index contributed by atoms with van der Waals surface area (Å²) < 4.78 is 41.3. The Bertz CT molecular complexity index is 3210. The summed E-state index contributed by atoms with van der Waals surface area (Å²) in [5.74, 6) is -6.87. The van der Waals surface area contributed by atoms with Gasteiger partial charge in [0.05, 0.1) is 41.4 Å². The molecule has 1 spiro atoms. The van der Waals surface area contributed by atoms with Crippen LogP contribution in [0.4, 0.5) is 4.79 Å². The Morgan fingerprint density at radius 2 is 1.61 bits per heavy atom. The second-order valence-electron chi connectivity index (χ2n) is 25.2. The van der Waals surface area contributed by atoms with Gasteiger partial charge in [-0.3, -0.25) is 38.4 Å². The first-order valence-electron chi connectivity index (χ1n) is 30.7. The Labute approximate surface area is 520 Å². The molecule has 10 atom stereocenters. The average molecular weight is 1260 g/mol. The van der Waals surface area contributed by atoms with E-state index in [9.17, 15) is 53.3 Å². The summed E-state index contributed by atoms with van der Waals surface area (Å²) in [6.45, 7) is 23.8. The molecule has 2 amide bonds. The fourth-order valence-corrected chi connectivity index (χ4v) is 12.9. The number of unbranched alkanes of at least 4 members (excludes halogenated alkanes) is 1. The third-order valence-electron chi connectivity index (χ3n) is 18.1. The van der Waals surface area contributed by atoms with Crippen LogP contribution in [0.5, 0.6) is 17.2 Å². The van der Waals surface area contributed by atoms with Gasteiger partial charge in [0.2, 0.25) is 5.78 Å². The van der Waals surface area contributed by atoms with Gasteiger partial charge in [-0.1, -0.05) is 92.2 Å². The van der Waals surface area contributed by atoms with Crippen molar-refractivity contribution in [2.75, 3.05) is 45.8 Å². The number of likely N-dealkylation sites (tertiary alicyclic amines) is 1. The van der Waals surface area contributed by atoms with Crippen molar-refractivity contribution >= 4 is 55.1 Å². The number of carbonyl (C=O) groups is 7. The molecule has 8 rings (SSSR count). The number of amides is 2. The van der Waals surface area contributed by atoms with Gasteiger partial charge in [0.25, 0.3) is 11.7 Å². The molecule has 0 radical (unpaired) electrons. The number of ether oxygens (including phenoxy) is 5. The standard InChI is InChI=1S/C65H89N6O17P/c1-36(2)32-71-28-24-65(25-29-71)68-53-50-51-57(76)44(10)60-52(50)61(78)64(12,88-60)85-31-23-37(3)40(6)41(7)42(8)56(75)43(9)59(38(4)16-15-17-39(5)62(79)67-55(58(51)77)54(53)69-65)87-49(74)33-70(27-14-13-18-48(34-72)89(81,82)83)30-26-66-63(80)84-35-46-19-21-47(22-20-46)86-45(11)73/h15-17,19-23,31,34,36-38,40-43,48,56,59,69,75-76H,13-14,18,24-30,32-33,35H2,1-12H3,(H,66,80)(H,67,79)(H2,81,82,83)/b16-15+,31-23+,39-17-/t37-,38-,40+,41+,42-,43-,48?,56-,59-,64-/m0/s1. The van der Waals surface area contributed by atoms with Gasteiger partial charge in [-0.05, 0) is 86.6 Å². The van der Waals surface area contributed by atoms with Crippen LogP contribution in [0.1, 0.15) is 146 Å². The molecule has 2 aromatic carbocycles. The van der Waals surface area contributed by atoms with Crippen molar-refractivity contribution in [2.45, 2.75) is 151 Å². The fourth-order valence-electron chi connectivity index (χ4n) is 12.2. The summed E-state index contributed by atoms with van der Waals surface area (Å²) in [6, 6.07) is 6.39. The smallest absolute Gasteiger partial charge is 0.407 e. The molecular formula is C65H89N6O17P. The highest BCUT2D eigenvalue weighted by molar-refractivity contribution is 7.53. The molecule has 6 aliphatic rings. The summed E-state index contributed by atoms with van der Waals surface area (Å²) in [6.07, 6.45) is 7.06. The van der Waals surface area contributed by atoms with Gasteiger partial charge < -0.3 is 69.3 Å². The number of fused-ring (bicyclic) bond motifs is 13. The van der Waals surface area contributed by atoms with Gasteiger partial charge >= 0.3 is 31.4 Å². The Morgan fingerprint density at radius 1 is 0.921 bits per heavy atom. The number of nitrogens with one attached hydrogen (secondary N) is 3. The molecule has 7 N–H and O–H groups in total. The first-order chi connectivity index (χ1) is 41.9. The summed E-state index contributed by atoms with van der Waals surface area (Å²) >= 11 is 0. The van der Waals surface area contributed by atoms with Crippen molar-refractivity contribution in [3.8, 4) is 17.2 Å². The lowest BCUT2D eigenvalue weighted by molar-refractivity contribution is -0.159. The van der Waals surface area contributed by atoms with E-state index in [2.05, 4.69) is 34.7 Å². The maximum atomic E-state index is 15.0. The highest BCUT2D eigenvalue weighted by atomic mass is 31.2. The summed E-state index contributed by atoms with van der Waals surface area (Å²) in [5, 5.41) is 33.3. The molecule has 1 fully saturated rings. The summed E-state index contributed by atoms with van der Waals surface area (Å²) in [4.78, 5) is 123. The number of carbonyl (C=O) groups excluding carboxylic acids is 7. The van der Waals surface area contributed by atoms with Crippen LogP contribution >= 0.6 is 7.60 Å². The Kier molecular flexibility index (Phi) is 22.9. The normalized spacial score (nSPS) is 27.3. The number of aromatic hydroxyl groups is 1. The molecule has 89 heavy (non-hydrogen) atoms. The number of ketones is 2. The van der Waals surface area contributed by atoms with Crippen molar-refractivity contribution in [1.29, 1.82) is 0 Å². The zero-order valence-electron chi connectivity index (χ0n) is 53.1. The number of hydrogen-bond donors (Lipinski definition) is 7. The van der Waals surface area contributed by atoms with Gasteiger partial charge in [0.1, 0.15) is 53.3 Å². The number of phenols is 1. The Balaban J connectivity index is 1.17. The third-order valence-corrected chi connectivity index (χ3v) is 19.3. The molecule has 1 unspecified atom stereocenters. The van der Waals surface area contributed by atoms with Gasteiger partial charge in [0, 0.05) is 87.9 Å². The van der Waals surface area contributed by atoms with Crippen molar-refractivity contribution in [3.63, 3.8) is 0 Å². The van der Waals surface area contributed by atoms with Crippen LogP contribution in [0.25, 0.3) is 0 Å². The molecule has 24 heteroatoms. The molecule has 5 aliphatic heterocycles. The maximum Gasteiger partial charge on any atom is 0.407 e. The predicted molar refractivity (Wildman–Crippen MR) is 331 cm³/mol. The number of allylic oxidation sites excluding steroid dienone is 5. The number of aliphatic hydroxyl groups is 1. The highest BCUT2D eigenvalue weighted by Gasteiger charge is 2.54. The summed E-state index contributed by atoms with van der Waals surface area (Å²) in [7, 11) is -4.70. The fraction of sp³-hybridized carbons (Fsp3) is 0.569. The third kappa shape index (κ3) is 16.5. The lowest BCUT2D eigenvalue weighted by atomic mass is 9.72. The zero-order valence-corrected chi connectivity index (χ0v) is 54.0. The number of piperidine rings is 1. The molecule has 0 saturated carbocycles. The van der Waals surface area contributed by atoms with Crippen molar-refractivity contribution < 1.29 is 81.8 Å². The number of rotatable bonds is 18. The largest absolute Gasteiger partial charge is 0.507 e. The number of nitrogens with zero attached hydrogens (tertiary/aromatic N) is 3. The maximum absolute atomic E-state index is 15.0. The molecular weight excluding hydrogens is 1170 g/mol. The molecule has 2 aromatic rings. The van der Waals surface area contributed by atoms with Crippen LogP contribution in [0.3, 0.4) is 0 Å². The molecule has 1 saturated heterocycles. The molecule has 1 aliphatic carbocycles. The van der Waals surface area contributed by atoms with Crippen LogP contribution < -0.4 is 25.4 Å². The molecule has 486 valence electrons. The lowest BCUT2D eigenvalue weighted by Crippen LogP contribution is -2.50.